The lowest BCUT2D eigenvalue weighted by Crippen LogP contribution is -2.37. The minimum Gasteiger partial charge on any atom is -0.392 e. The minimum atomic E-state index is -2.36. The number of rotatable bonds is 4. The van der Waals surface area contributed by atoms with E-state index in [0.717, 1.165) is 0 Å². The first kappa shape index (κ1) is 9.78. The van der Waals surface area contributed by atoms with Crippen molar-refractivity contribution in [2.45, 2.75) is 32.4 Å². The van der Waals surface area contributed by atoms with Crippen LogP contribution >= 0.6 is 0 Å². The summed E-state index contributed by atoms with van der Waals surface area (Å²) in [5, 5.41) is 11.2. The van der Waals surface area contributed by atoms with Crippen LogP contribution in [-0.2, 0) is 0 Å². The molecule has 4 heteroatoms. The highest BCUT2D eigenvalue weighted by Crippen LogP contribution is 1.98. The Morgan fingerprint density at radius 2 is 1.90 bits per heavy atom. The molecule has 62 valence electrons. The lowest BCUT2D eigenvalue weighted by molar-refractivity contribution is 0.0959. The van der Waals surface area contributed by atoms with Crippen LogP contribution in [0.5, 0.6) is 0 Å². The summed E-state index contributed by atoms with van der Waals surface area (Å²) in [7, 11) is 0. The van der Waals surface area contributed by atoms with Gasteiger partial charge in [-0.15, -0.1) is 0 Å². The summed E-state index contributed by atoms with van der Waals surface area (Å²) in [6, 6.07) is -0.838. The summed E-state index contributed by atoms with van der Waals surface area (Å²) in [5.41, 5.74) is 0. The predicted molar refractivity (Wildman–Crippen MR) is 35.1 cm³/mol. The molecule has 0 fully saturated rings. The molecule has 0 aliphatic rings. The molecule has 0 aliphatic carbocycles. The minimum absolute atomic E-state index is 0.214. The Morgan fingerprint density at radius 1 is 1.40 bits per heavy atom. The molecule has 2 N–H and O–H groups in total. The van der Waals surface area contributed by atoms with E-state index in [0.29, 0.717) is 0 Å². The topological polar surface area (TPSA) is 32.3 Å². The van der Waals surface area contributed by atoms with Gasteiger partial charge < -0.3 is 10.4 Å². The van der Waals surface area contributed by atoms with E-state index in [1.165, 1.54) is 6.92 Å². The molecule has 0 amide bonds. The lowest BCUT2D eigenvalue weighted by Gasteiger charge is -2.13. The summed E-state index contributed by atoms with van der Waals surface area (Å²) in [4.78, 5) is 0. The molecule has 10 heavy (non-hydrogen) atoms. The van der Waals surface area contributed by atoms with Crippen molar-refractivity contribution < 1.29 is 13.9 Å². The van der Waals surface area contributed by atoms with Crippen LogP contribution in [0.1, 0.15) is 13.8 Å². The van der Waals surface area contributed by atoms with Crippen molar-refractivity contribution in [3.05, 3.63) is 0 Å². The first-order chi connectivity index (χ1) is 4.54. The standard InChI is InChI=1S/C6H13F2NO/c1-4(10)3-9-5(2)6(7)8/h4-6,9-10H,3H2,1-2H3/t4-,5?/m1/s1. The van der Waals surface area contributed by atoms with Crippen molar-refractivity contribution in [2.75, 3.05) is 6.54 Å². The largest absolute Gasteiger partial charge is 0.392 e. The second kappa shape index (κ2) is 4.57. The first-order valence-corrected chi connectivity index (χ1v) is 3.23. The molecule has 0 saturated carbocycles. The van der Waals surface area contributed by atoms with E-state index in [1.54, 1.807) is 6.92 Å². The summed E-state index contributed by atoms with van der Waals surface area (Å²) >= 11 is 0. The number of aliphatic hydroxyl groups is 1. The van der Waals surface area contributed by atoms with Crippen molar-refractivity contribution in [3.63, 3.8) is 0 Å². The van der Waals surface area contributed by atoms with Gasteiger partial charge in [-0.25, -0.2) is 8.78 Å². The second-order valence-corrected chi connectivity index (χ2v) is 2.38. The zero-order chi connectivity index (χ0) is 8.15. The third-order valence-electron chi connectivity index (χ3n) is 1.11. The molecule has 1 unspecified atom stereocenters. The van der Waals surface area contributed by atoms with Gasteiger partial charge in [-0.05, 0) is 13.8 Å². The van der Waals surface area contributed by atoms with Crippen molar-refractivity contribution in [1.29, 1.82) is 0 Å². The molecule has 0 aromatic carbocycles. The van der Waals surface area contributed by atoms with E-state index in [4.69, 9.17) is 5.11 Å². The van der Waals surface area contributed by atoms with Gasteiger partial charge in [-0.2, -0.15) is 0 Å². The molecule has 2 atom stereocenters. The second-order valence-electron chi connectivity index (χ2n) is 2.38. The van der Waals surface area contributed by atoms with E-state index >= 15 is 0 Å². The molecular formula is C6H13F2NO. The lowest BCUT2D eigenvalue weighted by atomic mass is 10.3. The number of hydrogen-bond donors (Lipinski definition) is 2. The maximum atomic E-state index is 11.7. The van der Waals surface area contributed by atoms with Crippen LogP contribution in [0.15, 0.2) is 0 Å². The number of nitrogens with one attached hydrogen (secondary N) is 1. The van der Waals surface area contributed by atoms with Gasteiger partial charge in [0.1, 0.15) is 0 Å². The van der Waals surface area contributed by atoms with Gasteiger partial charge in [-0.1, -0.05) is 0 Å². The van der Waals surface area contributed by atoms with Crippen molar-refractivity contribution in [3.8, 4) is 0 Å². The molecule has 2 nitrogen and oxygen atoms in total. The number of halogens is 2. The third-order valence-corrected chi connectivity index (χ3v) is 1.11. The Morgan fingerprint density at radius 3 is 2.20 bits per heavy atom. The maximum absolute atomic E-state index is 11.7. The smallest absolute Gasteiger partial charge is 0.253 e. The van der Waals surface area contributed by atoms with E-state index in [1.807, 2.05) is 0 Å². The fourth-order valence-electron chi connectivity index (χ4n) is 0.446. The summed E-state index contributed by atoms with van der Waals surface area (Å²) < 4.78 is 23.5. The monoisotopic (exact) mass is 153 g/mol. The van der Waals surface area contributed by atoms with Crippen LogP contribution in [0.4, 0.5) is 8.78 Å². The number of hydrogen-bond acceptors (Lipinski definition) is 2. The molecule has 0 aromatic rings. The highest BCUT2D eigenvalue weighted by molar-refractivity contribution is 4.63. The molecule has 0 spiro atoms. The Labute approximate surface area is 59.2 Å². The predicted octanol–water partition coefficient (Wildman–Crippen LogP) is 0.610. The van der Waals surface area contributed by atoms with Gasteiger partial charge in [0, 0.05) is 6.54 Å². The SMILES string of the molecule is CC(NC[C@@H](C)O)C(F)F. The van der Waals surface area contributed by atoms with Gasteiger partial charge in [-0.3, -0.25) is 0 Å². The zero-order valence-corrected chi connectivity index (χ0v) is 6.14. The molecule has 0 saturated heterocycles. The molecule has 0 aromatic heterocycles. The first-order valence-electron chi connectivity index (χ1n) is 3.23. The molecule has 0 heterocycles. The Kier molecular flexibility index (Phi) is 4.47. The molecular weight excluding hydrogens is 140 g/mol. The molecule has 0 rings (SSSR count). The van der Waals surface area contributed by atoms with E-state index < -0.39 is 18.6 Å². The van der Waals surface area contributed by atoms with Crippen molar-refractivity contribution >= 4 is 0 Å². The van der Waals surface area contributed by atoms with E-state index in [-0.39, 0.29) is 6.54 Å². The fourth-order valence-corrected chi connectivity index (χ4v) is 0.446. The van der Waals surface area contributed by atoms with Crippen LogP contribution in [0.25, 0.3) is 0 Å². The summed E-state index contributed by atoms with van der Waals surface area (Å²) in [5.74, 6) is 0. The fraction of sp³-hybridized carbons (Fsp3) is 1.00. The quantitative estimate of drug-likeness (QED) is 0.620. The summed E-state index contributed by atoms with van der Waals surface area (Å²) in [6.07, 6.45) is -2.93. The molecule has 0 radical (unpaired) electrons. The zero-order valence-electron chi connectivity index (χ0n) is 6.14. The van der Waals surface area contributed by atoms with Gasteiger partial charge in [0.15, 0.2) is 0 Å². The number of aliphatic hydroxyl groups excluding tert-OH is 1. The summed E-state index contributed by atoms with van der Waals surface area (Å²) in [6.45, 7) is 3.14. The number of alkyl halides is 2. The van der Waals surface area contributed by atoms with Crippen molar-refractivity contribution in [1.82, 2.24) is 5.32 Å². The van der Waals surface area contributed by atoms with Crippen molar-refractivity contribution in [2.24, 2.45) is 0 Å². The van der Waals surface area contributed by atoms with E-state index in [9.17, 15) is 8.78 Å². The molecule has 0 bridgehead atoms. The van der Waals surface area contributed by atoms with Crippen LogP contribution in [0, 0.1) is 0 Å². The van der Waals surface area contributed by atoms with Gasteiger partial charge >= 0.3 is 0 Å². The van der Waals surface area contributed by atoms with Gasteiger partial charge in [0.05, 0.1) is 12.1 Å². The van der Waals surface area contributed by atoms with Crippen LogP contribution in [-0.4, -0.2) is 30.2 Å². The average molecular weight is 153 g/mol. The Hall–Kier alpha value is -0.220. The van der Waals surface area contributed by atoms with Crippen LogP contribution in [0.3, 0.4) is 0 Å². The third kappa shape index (κ3) is 4.64. The molecule has 0 aliphatic heterocycles. The van der Waals surface area contributed by atoms with Crippen LogP contribution < -0.4 is 5.32 Å². The average Bonchev–Trinajstić information content (AvgIpc) is 1.82. The Balaban J connectivity index is 3.30. The maximum Gasteiger partial charge on any atom is 0.253 e. The highest BCUT2D eigenvalue weighted by atomic mass is 19.3. The van der Waals surface area contributed by atoms with Gasteiger partial charge in [0.2, 0.25) is 0 Å². The van der Waals surface area contributed by atoms with Gasteiger partial charge in [0.25, 0.3) is 6.43 Å². The highest BCUT2D eigenvalue weighted by Gasteiger charge is 2.13. The normalized spacial score (nSPS) is 17.4. The van der Waals surface area contributed by atoms with E-state index in [2.05, 4.69) is 5.32 Å². The van der Waals surface area contributed by atoms with Crippen LogP contribution in [0.2, 0.25) is 0 Å². The Bertz CT molecular complexity index is 87.8.